The number of hydrazone groups is 1. The van der Waals surface area contributed by atoms with Crippen molar-refractivity contribution >= 4 is 34.3 Å². The third kappa shape index (κ3) is 3.91. The Morgan fingerprint density at radius 3 is 2.67 bits per heavy atom. The number of anilines is 2. The topological polar surface area (TPSA) is 77.8 Å². The van der Waals surface area contributed by atoms with Gasteiger partial charge in [0.2, 0.25) is 0 Å². The minimum absolute atomic E-state index is 0.258. The molecule has 0 amide bonds. The monoisotopic (exact) mass is 344 g/mol. The van der Waals surface area contributed by atoms with Crippen LogP contribution in [0.1, 0.15) is 40.2 Å². The number of hydrogen-bond donors (Lipinski definition) is 2. The van der Waals surface area contributed by atoms with Crippen molar-refractivity contribution in [1.82, 2.24) is 4.98 Å². The Kier molecular flexibility index (Phi) is 5.10. The van der Waals surface area contributed by atoms with E-state index < -0.39 is 5.97 Å². The zero-order chi connectivity index (χ0) is 16.9. The number of nitrogens with one attached hydrogen (secondary N) is 1. The lowest BCUT2D eigenvalue weighted by Gasteiger charge is -2.25. The highest BCUT2D eigenvalue weighted by Gasteiger charge is 2.15. The number of piperidine rings is 1. The minimum Gasteiger partial charge on any atom is -0.478 e. The summed E-state index contributed by atoms with van der Waals surface area (Å²) in [6.45, 7) is 4.16. The third-order valence-electron chi connectivity index (χ3n) is 3.96. The zero-order valence-electron chi connectivity index (χ0n) is 13.5. The van der Waals surface area contributed by atoms with Crippen molar-refractivity contribution in [2.24, 2.45) is 5.10 Å². The summed E-state index contributed by atoms with van der Waals surface area (Å²) in [5.74, 6) is -0.935. The maximum absolute atomic E-state index is 10.8. The molecule has 0 bridgehead atoms. The first-order chi connectivity index (χ1) is 11.6. The van der Waals surface area contributed by atoms with Gasteiger partial charge in [-0.3, -0.25) is 5.43 Å². The molecule has 1 saturated heterocycles. The van der Waals surface area contributed by atoms with E-state index in [9.17, 15) is 4.79 Å². The summed E-state index contributed by atoms with van der Waals surface area (Å²) in [6.07, 6.45) is 5.54. The fourth-order valence-electron chi connectivity index (χ4n) is 2.59. The van der Waals surface area contributed by atoms with Gasteiger partial charge in [0.25, 0.3) is 0 Å². The molecule has 2 N–H and O–H groups in total. The number of benzene rings is 1. The molecule has 2 aromatic rings. The third-order valence-corrected chi connectivity index (χ3v) is 5.11. The lowest BCUT2D eigenvalue weighted by Crippen LogP contribution is -2.29. The minimum atomic E-state index is -0.935. The maximum atomic E-state index is 10.8. The molecule has 1 aromatic carbocycles. The van der Waals surface area contributed by atoms with Gasteiger partial charge in [-0.15, -0.1) is 0 Å². The largest absolute Gasteiger partial charge is 0.478 e. The van der Waals surface area contributed by atoms with Crippen LogP contribution in [0.3, 0.4) is 0 Å². The summed E-state index contributed by atoms with van der Waals surface area (Å²) in [4.78, 5) is 18.8. The molecular formula is C17H20N4O2S. The smallest absolute Gasteiger partial charge is 0.335 e. The van der Waals surface area contributed by atoms with Gasteiger partial charge in [0, 0.05) is 13.1 Å². The Balaban J connectivity index is 1.63. The number of aryl methyl sites for hydroxylation is 1. The molecule has 24 heavy (non-hydrogen) atoms. The van der Waals surface area contributed by atoms with Gasteiger partial charge in [-0.1, -0.05) is 11.3 Å². The number of carbonyl (C=O) groups is 1. The molecule has 7 heteroatoms. The molecule has 0 unspecified atom stereocenters. The molecule has 2 heterocycles. The van der Waals surface area contributed by atoms with Gasteiger partial charge in [-0.2, -0.15) is 5.10 Å². The second kappa shape index (κ2) is 7.44. The first kappa shape index (κ1) is 16.4. The Hall–Kier alpha value is -2.41. The number of thiazole rings is 1. The lowest BCUT2D eigenvalue weighted by molar-refractivity contribution is 0.0697. The highest BCUT2D eigenvalue weighted by Crippen LogP contribution is 2.27. The molecule has 1 aromatic heterocycles. The molecule has 0 radical (unpaired) electrons. The molecule has 1 aliphatic heterocycles. The van der Waals surface area contributed by atoms with Crippen LogP contribution < -0.4 is 10.3 Å². The van der Waals surface area contributed by atoms with E-state index in [1.54, 1.807) is 41.8 Å². The first-order valence-electron chi connectivity index (χ1n) is 7.98. The molecule has 6 nitrogen and oxygen atoms in total. The van der Waals surface area contributed by atoms with Crippen LogP contribution in [-0.2, 0) is 0 Å². The Labute approximate surface area is 144 Å². The second-order valence-electron chi connectivity index (χ2n) is 5.75. The molecule has 0 aliphatic carbocycles. The van der Waals surface area contributed by atoms with Crippen molar-refractivity contribution in [2.45, 2.75) is 26.2 Å². The van der Waals surface area contributed by atoms with E-state index in [1.165, 1.54) is 19.3 Å². The Bertz CT molecular complexity index is 734. The first-order valence-corrected chi connectivity index (χ1v) is 8.80. The summed E-state index contributed by atoms with van der Waals surface area (Å²) >= 11 is 1.66. The summed E-state index contributed by atoms with van der Waals surface area (Å²) < 4.78 is 0. The molecule has 1 aliphatic rings. The second-order valence-corrected chi connectivity index (χ2v) is 6.76. The van der Waals surface area contributed by atoms with Crippen molar-refractivity contribution in [1.29, 1.82) is 0 Å². The van der Waals surface area contributed by atoms with E-state index in [0.717, 1.165) is 34.5 Å². The van der Waals surface area contributed by atoms with Gasteiger partial charge < -0.3 is 10.0 Å². The predicted octanol–water partition coefficient (Wildman–Crippen LogP) is 3.59. The van der Waals surface area contributed by atoms with Gasteiger partial charge >= 0.3 is 5.97 Å². The van der Waals surface area contributed by atoms with Crippen molar-refractivity contribution < 1.29 is 9.90 Å². The van der Waals surface area contributed by atoms with Crippen LogP contribution in [0.2, 0.25) is 0 Å². The van der Waals surface area contributed by atoms with E-state index in [-0.39, 0.29) is 5.56 Å². The number of hydrogen-bond acceptors (Lipinski definition) is 6. The SMILES string of the molecule is Cc1nc(N2CCCCC2)sc1/C=N/Nc1ccc(C(=O)O)cc1. The van der Waals surface area contributed by atoms with Gasteiger partial charge in [-0.05, 0) is 50.5 Å². The number of aromatic nitrogens is 1. The predicted molar refractivity (Wildman–Crippen MR) is 97.5 cm³/mol. The number of carboxylic acids is 1. The van der Waals surface area contributed by atoms with Crippen LogP contribution in [0.5, 0.6) is 0 Å². The van der Waals surface area contributed by atoms with Crippen LogP contribution in [0, 0.1) is 6.92 Å². The van der Waals surface area contributed by atoms with Crippen molar-refractivity contribution in [2.75, 3.05) is 23.4 Å². The van der Waals surface area contributed by atoms with E-state index in [2.05, 4.69) is 20.4 Å². The highest BCUT2D eigenvalue weighted by molar-refractivity contribution is 7.17. The normalized spacial score (nSPS) is 15.0. The van der Waals surface area contributed by atoms with Gasteiger partial charge in [0.1, 0.15) is 0 Å². The average Bonchev–Trinajstić information content (AvgIpc) is 2.97. The summed E-state index contributed by atoms with van der Waals surface area (Å²) in [6, 6.07) is 6.48. The van der Waals surface area contributed by atoms with Crippen molar-refractivity contribution in [3.63, 3.8) is 0 Å². The van der Waals surface area contributed by atoms with Gasteiger partial charge in [0.15, 0.2) is 5.13 Å². The Morgan fingerprint density at radius 2 is 2.00 bits per heavy atom. The quantitative estimate of drug-likeness (QED) is 0.640. The molecule has 126 valence electrons. The number of rotatable bonds is 5. The molecule has 0 saturated carbocycles. The molecule has 0 spiro atoms. The van der Waals surface area contributed by atoms with E-state index in [4.69, 9.17) is 5.11 Å². The van der Waals surface area contributed by atoms with Crippen LogP contribution in [-0.4, -0.2) is 35.4 Å². The fraction of sp³-hybridized carbons (Fsp3) is 0.353. The van der Waals surface area contributed by atoms with Gasteiger partial charge in [-0.25, -0.2) is 9.78 Å². The standard InChI is InChI=1S/C17H20N4O2S/c1-12-15(24-17(19-12)21-9-3-2-4-10-21)11-18-20-14-7-5-13(6-8-14)16(22)23/h5-8,11,20H,2-4,9-10H2,1H3,(H,22,23)/b18-11+. The van der Waals surface area contributed by atoms with Crippen molar-refractivity contribution in [3.05, 3.63) is 40.4 Å². The zero-order valence-corrected chi connectivity index (χ0v) is 14.3. The van der Waals surface area contributed by atoms with Crippen LogP contribution >= 0.6 is 11.3 Å². The molecule has 0 atom stereocenters. The summed E-state index contributed by atoms with van der Waals surface area (Å²) in [7, 11) is 0. The lowest BCUT2D eigenvalue weighted by atomic mass is 10.1. The summed E-state index contributed by atoms with van der Waals surface area (Å²) in [5, 5.41) is 14.2. The van der Waals surface area contributed by atoms with Crippen LogP contribution in [0.15, 0.2) is 29.4 Å². The number of aromatic carboxylic acids is 1. The van der Waals surface area contributed by atoms with Gasteiger partial charge in [0.05, 0.1) is 28.0 Å². The van der Waals surface area contributed by atoms with Crippen LogP contribution in [0.25, 0.3) is 0 Å². The number of nitrogens with zero attached hydrogens (tertiary/aromatic N) is 3. The fourth-order valence-corrected chi connectivity index (χ4v) is 3.58. The average molecular weight is 344 g/mol. The summed E-state index contributed by atoms with van der Waals surface area (Å²) in [5.41, 5.74) is 4.90. The Morgan fingerprint density at radius 1 is 1.29 bits per heavy atom. The molecular weight excluding hydrogens is 324 g/mol. The van der Waals surface area contributed by atoms with E-state index >= 15 is 0 Å². The highest BCUT2D eigenvalue weighted by atomic mass is 32.1. The molecule has 1 fully saturated rings. The number of carboxylic acid groups (broad SMARTS) is 1. The van der Waals surface area contributed by atoms with E-state index in [0.29, 0.717) is 0 Å². The maximum Gasteiger partial charge on any atom is 0.335 e. The van der Waals surface area contributed by atoms with E-state index in [1.807, 2.05) is 6.92 Å². The van der Waals surface area contributed by atoms with Crippen molar-refractivity contribution in [3.8, 4) is 0 Å². The van der Waals surface area contributed by atoms with Crippen LogP contribution in [0.4, 0.5) is 10.8 Å². The molecule has 3 rings (SSSR count).